The Hall–Kier alpha value is -2.62. The fourth-order valence-corrected chi connectivity index (χ4v) is 2.27. The van der Waals surface area contributed by atoms with Crippen molar-refractivity contribution in [1.29, 1.82) is 0 Å². The van der Waals surface area contributed by atoms with E-state index >= 15 is 0 Å². The molecule has 0 amide bonds. The molecule has 0 spiro atoms. The molecule has 0 unspecified atom stereocenters. The molecule has 4 nitrogen and oxygen atoms in total. The van der Waals surface area contributed by atoms with Crippen LogP contribution in [-0.4, -0.2) is 20.7 Å². The monoisotopic (exact) mass is 233 g/mol. The van der Waals surface area contributed by atoms with Crippen molar-refractivity contribution >= 4 is 16.8 Å². The van der Waals surface area contributed by atoms with Gasteiger partial charge in [0.1, 0.15) is 16.9 Å². The molecule has 3 aromatic rings. The molecule has 18 heavy (non-hydrogen) atoms. The molecule has 4 rings (SSSR count). The largest absolute Gasteiger partial charge is 0.287 e. The Balaban J connectivity index is 2.14. The molecule has 0 bridgehead atoms. The van der Waals surface area contributed by atoms with Crippen LogP contribution >= 0.6 is 0 Å². The van der Waals surface area contributed by atoms with E-state index in [1.807, 2.05) is 24.3 Å². The van der Waals surface area contributed by atoms with Crippen LogP contribution in [0.2, 0.25) is 0 Å². The van der Waals surface area contributed by atoms with Crippen molar-refractivity contribution in [3.63, 3.8) is 0 Å². The Morgan fingerprint density at radius 1 is 0.833 bits per heavy atom. The zero-order valence-corrected chi connectivity index (χ0v) is 9.29. The number of carbonyl (C=O) groups excluding carboxylic acids is 1. The number of aromatic nitrogens is 3. The van der Waals surface area contributed by atoms with Crippen LogP contribution in [0.1, 0.15) is 16.1 Å². The van der Waals surface area contributed by atoms with Crippen LogP contribution < -0.4 is 0 Å². The van der Waals surface area contributed by atoms with E-state index in [9.17, 15) is 4.79 Å². The summed E-state index contributed by atoms with van der Waals surface area (Å²) in [5.74, 6) is -0.0492. The van der Waals surface area contributed by atoms with Gasteiger partial charge in [0, 0.05) is 17.3 Å². The number of nitrogens with zero attached hydrogens (tertiary/aromatic N) is 3. The van der Waals surface area contributed by atoms with E-state index in [4.69, 9.17) is 0 Å². The van der Waals surface area contributed by atoms with E-state index in [1.54, 1.807) is 18.5 Å². The summed E-state index contributed by atoms with van der Waals surface area (Å²) in [6.07, 6.45) is 3.31. The second-order valence-electron chi connectivity index (χ2n) is 4.16. The molecule has 1 aromatic carbocycles. The van der Waals surface area contributed by atoms with Gasteiger partial charge in [-0.2, -0.15) is 0 Å². The van der Waals surface area contributed by atoms with E-state index in [2.05, 4.69) is 15.0 Å². The van der Waals surface area contributed by atoms with Crippen molar-refractivity contribution in [2.45, 2.75) is 0 Å². The molecule has 0 saturated heterocycles. The lowest BCUT2D eigenvalue weighted by Crippen LogP contribution is -1.99. The Bertz CT molecular complexity index is 811. The minimum atomic E-state index is -0.0492. The first-order chi connectivity index (χ1) is 8.84. The molecule has 1 aliphatic rings. The number of carbonyl (C=O) groups is 1. The van der Waals surface area contributed by atoms with Gasteiger partial charge in [-0.3, -0.25) is 9.78 Å². The predicted octanol–water partition coefficient (Wildman–Crippen LogP) is 2.24. The number of benzene rings is 1. The molecular weight excluding hydrogens is 226 g/mol. The van der Waals surface area contributed by atoms with Gasteiger partial charge in [0.25, 0.3) is 0 Å². The zero-order valence-electron chi connectivity index (χ0n) is 9.29. The van der Waals surface area contributed by atoms with Gasteiger partial charge in [-0.25, -0.2) is 9.97 Å². The lowest BCUT2D eigenvalue weighted by atomic mass is 10.1. The molecule has 2 aromatic heterocycles. The first-order valence-corrected chi connectivity index (χ1v) is 5.60. The normalized spacial score (nSPS) is 12.6. The molecule has 0 radical (unpaired) electrons. The Morgan fingerprint density at radius 2 is 1.61 bits per heavy atom. The third-order valence-corrected chi connectivity index (χ3v) is 3.11. The van der Waals surface area contributed by atoms with Gasteiger partial charge < -0.3 is 0 Å². The maximum atomic E-state index is 12.2. The summed E-state index contributed by atoms with van der Waals surface area (Å²) in [4.78, 5) is 25.1. The van der Waals surface area contributed by atoms with Gasteiger partial charge in [-0.05, 0) is 6.07 Å². The summed E-state index contributed by atoms with van der Waals surface area (Å²) in [6.45, 7) is 0. The molecule has 0 aliphatic heterocycles. The standard InChI is InChI=1S/C14H7N3O/c18-14-9-4-2-1-3-8(9)12-13(14)16-10-5-6-15-7-11(10)17-12/h1-7H. The average Bonchev–Trinajstić information content (AvgIpc) is 2.71. The van der Waals surface area contributed by atoms with Crippen molar-refractivity contribution in [3.05, 3.63) is 54.0 Å². The van der Waals surface area contributed by atoms with Crippen LogP contribution in [-0.2, 0) is 0 Å². The summed E-state index contributed by atoms with van der Waals surface area (Å²) in [5.41, 5.74) is 4.04. The SMILES string of the molecule is O=C1c2ccccc2-c2nc3cnccc3nc21. The molecule has 0 saturated carbocycles. The van der Waals surface area contributed by atoms with Crippen molar-refractivity contribution in [2.75, 3.05) is 0 Å². The van der Waals surface area contributed by atoms with Crippen molar-refractivity contribution < 1.29 is 4.79 Å². The third-order valence-electron chi connectivity index (χ3n) is 3.11. The number of rotatable bonds is 0. The lowest BCUT2D eigenvalue weighted by Gasteiger charge is -2.00. The summed E-state index contributed by atoms with van der Waals surface area (Å²) in [7, 11) is 0. The Labute approximate surface area is 102 Å². The van der Waals surface area contributed by atoms with Gasteiger partial charge >= 0.3 is 0 Å². The van der Waals surface area contributed by atoms with Gasteiger partial charge in [-0.15, -0.1) is 0 Å². The number of fused-ring (bicyclic) bond motifs is 4. The summed E-state index contributed by atoms with van der Waals surface area (Å²) in [6, 6.07) is 9.22. The first-order valence-electron chi connectivity index (χ1n) is 5.60. The molecule has 1 aliphatic carbocycles. The van der Waals surface area contributed by atoms with Crippen LogP contribution in [0, 0.1) is 0 Å². The highest BCUT2D eigenvalue weighted by Crippen LogP contribution is 2.34. The minimum Gasteiger partial charge on any atom is -0.287 e. The molecule has 2 heterocycles. The maximum Gasteiger partial charge on any atom is 0.214 e. The van der Waals surface area contributed by atoms with Crippen LogP contribution in [0.4, 0.5) is 0 Å². The maximum absolute atomic E-state index is 12.2. The van der Waals surface area contributed by atoms with Crippen molar-refractivity contribution in [2.24, 2.45) is 0 Å². The van der Waals surface area contributed by atoms with Crippen LogP contribution in [0.15, 0.2) is 42.7 Å². The minimum absolute atomic E-state index is 0.0492. The van der Waals surface area contributed by atoms with E-state index in [-0.39, 0.29) is 5.78 Å². The molecule has 0 fully saturated rings. The van der Waals surface area contributed by atoms with Gasteiger partial charge in [0.05, 0.1) is 11.7 Å². The molecule has 0 atom stereocenters. The Kier molecular flexibility index (Phi) is 1.67. The van der Waals surface area contributed by atoms with Gasteiger partial charge in [0.2, 0.25) is 5.78 Å². The number of ketones is 1. The number of pyridine rings is 1. The third kappa shape index (κ3) is 1.09. The fraction of sp³-hybridized carbons (Fsp3) is 0. The second-order valence-corrected chi connectivity index (χ2v) is 4.16. The summed E-state index contributed by atoms with van der Waals surface area (Å²) in [5, 5.41) is 0. The molecular formula is C14H7N3O. The molecule has 4 heteroatoms. The quantitative estimate of drug-likeness (QED) is 0.467. The van der Waals surface area contributed by atoms with E-state index < -0.39 is 0 Å². The summed E-state index contributed by atoms with van der Waals surface area (Å²) >= 11 is 0. The number of hydrogen-bond donors (Lipinski definition) is 0. The van der Waals surface area contributed by atoms with Gasteiger partial charge in [-0.1, -0.05) is 24.3 Å². The zero-order chi connectivity index (χ0) is 12.1. The smallest absolute Gasteiger partial charge is 0.214 e. The van der Waals surface area contributed by atoms with Crippen LogP contribution in [0.25, 0.3) is 22.3 Å². The Morgan fingerprint density at radius 3 is 2.50 bits per heavy atom. The molecule has 0 N–H and O–H groups in total. The highest BCUT2D eigenvalue weighted by Gasteiger charge is 2.29. The highest BCUT2D eigenvalue weighted by atomic mass is 16.1. The molecule has 84 valence electrons. The predicted molar refractivity (Wildman–Crippen MR) is 66.2 cm³/mol. The van der Waals surface area contributed by atoms with Crippen molar-refractivity contribution in [3.8, 4) is 11.3 Å². The lowest BCUT2D eigenvalue weighted by molar-refractivity contribution is 0.103. The van der Waals surface area contributed by atoms with E-state index in [0.29, 0.717) is 28.0 Å². The van der Waals surface area contributed by atoms with Crippen LogP contribution in [0.5, 0.6) is 0 Å². The number of hydrogen-bond acceptors (Lipinski definition) is 4. The van der Waals surface area contributed by atoms with Crippen LogP contribution in [0.3, 0.4) is 0 Å². The topological polar surface area (TPSA) is 55.7 Å². The fourth-order valence-electron chi connectivity index (χ4n) is 2.27. The highest BCUT2D eigenvalue weighted by molar-refractivity contribution is 6.20. The first kappa shape index (κ1) is 9.41. The average molecular weight is 233 g/mol. The van der Waals surface area contributed by atoms with Gasteiger partial charge in [0.15, 0.2) is 0 Å². The van der Waals surface area contributed by atoms with E-state index in [1.165, 1.54) is 0 Å². The van der Waals surface area contributed by atoms with E-state index in [0.717, 1.165) is 5.56 Å². The second kappa shape index (κ2) is 3.20. The summed E-state index contributed by atoms with van der Waals surface area (Å²) < 4.78 is 0. The van der Waals surface area contributed by atoms with Crippen molar-refractivity contribution in [1.82, 2.24) is 15.0 Å².